The molecule has 1 unspecified atom stereocenters. The standard InChI is InChI=1S/C14H14N4O2S/c1-10(11-5-4-8-21-11)15-13(19)9-18-14(20)17-7-3-2-6-12(17)16-18/h2-8,10H,9H2,1H3,(H,15,19). The summed E-state index contributed by atoms with van der Waals surface area (Å²) < 4.78 is 2.59. The first-order chi connectivity index (χ1) is 10.1. The summed E-state index contributed by atoms with van der Waals surface area (Å²) in [5.41, 5.74) is 0.214. The lowest BCUT2D eigenvalue weighted by molar-refractivity contribution is -0.122. The molecular weight excluding hydrogens is 288 g/mol. The normalized spacial score (nSPS) is 12.4. The van der Waals surface area contributed by atoms with Gasteiger partial charge in [0.1, 0.15) is 6.54 Å². The van der Waals surface area contributed by atoms with Crippen molar-refractivity contribution in [2.45, 2.75) is 19.5 Å². The van der Waals surface area contributed by atoms with Gasteiger partial charge in [-0.3, -0.25) is 9.20 Å². The van der Waals surface area contributed by atoms with E-state index in [4.69, 9.17) is 0 Å². The van der Waals surface area contributed by atoms with Crippen LogP contribution in [0.25, 0.3) is 5.65 Å². The van der Waals surface area contributed by atoms with Gasteiger partial charge in [-0.25, -0.2) is 9.48 Å². The van der Waals surface area contributed by atoms with Crippen LogP contribution in [0.2, 0.25) is 0 Å². The van der Waals surface area contributed by atoms with Crippen LogP contribution in [-0.4, -0.2) is 20.1 Å². The Balaban J connectivity index is 1.74. The highest BCUT2D eigenvalue weighted by Crippen LogP contribution is 2.17. The zero-order chi connectivity index (χ0) is 14.8. The number of amides is 1. The third-order valence-electron chi connectivity index (χ3n) is 3.13. The first-order valence-corrected chi connectivity index (χ1v) is 7.40. The molecule has 3 aromatic heterocycles. The Kier molecular flexibility index (Phi) is 3.57. The maximum absolute atomic E-state index is 12.1. The number of rotatable bonds is 4. The van der Waals surface area contributed by atoms with Crippen LogP contribution in [0.15, 0.2) is 46.7 Å². The molecular formula is C14H14N4O2S. The molecule has 1 amide bonds. The van der Waals surface area contributed by atoms with E-state index >= 15 is 0 Å². The summed E-state index contributed by atoms with van der Waals surface area (Å²) in [6.45, 7) is 1.83. The van der Waals surface area contributed by atoms with Crippen LogP contribution in [0.4, 0.5) is 0 Å². The van der Waals surface area contributed by atoms with Crippen LogP contribution < -0.4 is 11.0 Å². The van der Waals surface area contributed by atoms with E-state index in [9.17, 15) is 9.59 Å². The summed E-state index contributed by atoms with van der Waals surface area (Å²) in [7, 11) is 0. The van der Waals surface area contributed by atoms with Crippen LogP contribution >= 0.6 is 11.3 Å². The van der Waals surface area contributed by atoms with Gasteiger partial charge in [-0.05, 0) is 30.5 Å². The Morgan fingerprint density at radius 1 is 1.38 bits per heavy atom. The fourth-order valence-corrected chi connectivity index (χ4v) is 2.84. The number of hydrogen-bond donors (Lipinski definition) is 1. The molecule has 0 fully saturated rings. The third kappa shape index (κ3) is 2.73. The van der Waals surface area contributed by atoms with Gasteiger partial charge in [0.15, 0.2) is 5.65 Å². The Hall–Kier alpha value is -2.41. The van der Waals surface area contributed by atoms with Crippen LogP contribution in [0.5, 0.6) is 0 Å². The summed E-state index contributed by atoms with van der Waals surface area (Å²) in [5.74, 6) is -0.235. The average Bonchev–Trinajstić information content (AvgIpc) is 3.09. The molecule has 0 spiro atoms. The first kappa shape index (κ1) is 13.6. The quantitative estimate of drug-likeness (QED) is 0.793. The van der Waals surface area contributed by atoms with Gasteiger partial charge in [-0.15, -0.1) is 16.4 Å². The van der Waals surface area contributed by atoms with Gasteiger partial charge < -0.3 is 5.32 Å². The van der Waals surface area contributed by atoms with Gasteiger partial charge in [-0.1, -0.05) is 12.1 Å². The highest BCUT2D eigenvalue weighted by atomic mass is 32.1. The van der Waals surface area contributed by atoms with Gasteiger partial charge in [0.05, 0.1) is 6.04 Å². The minimum absolute atomic E-state index is 0.0785. The van der Waals surface area contributed by atoms with E-state index in [0.717, 1.165) is 4.88 Å². The zero-order valence-electron chi connectivity index (χ0n) is 11.4. The second-order valence-electron chi connectivity index (χ2n) is 4.67. The van der Waals surface area contributed by atoms with Gasteiger partial charge in [0.2, 0.25) is 5.91 Å². The molecule has 0 bridgehead atoms. The van der Waals surface area contributed by atoms with Crippen molar-refractivity contribution in [3.05, 3.63) is 57.3 Å². The van der Waals surface area contributed by atoms with E-state index in [2.05, 4.69) is 10.4 Å². The lowest BCUT2D eigenvalue weighted by Gasteiger charge is -2.11. The van der Waals surface area contributed by atoms with Gasteiger partial charge in [-0.2, -0.15) is 0 Å². The molecule has 6 nitrogen and oxygen atoms in total. The monoisotopic (exact) mass is 302 g/mol. The lowest BCUT2D eigenvalue weighted by Crippen LogP contribution is -2.33. The number of thiophene rings is 1. The van der Waals surface area contributed by atoms with Crippen molar-refractivity contribution in [3.63, 3.8) is 0 Å². The number of pyridine rings is 1. The van der Waals surface area contributed by atoms with Gasteiger partial charge >= 0.3 is 5.69 Å². The van der Waals surface area contributed by atoms with Crippen molar-refractivity contribution in [2.24, 2.45) is 0 Å². The van der Waals surface area contributed by atoms with Crippen LogP contribution in [0.3, 0.4) is 0 Å². The van der Waals surface area contributed by atoms with Crippen molar-refractivity contribution in [1.82, 2.24) is 19.5 Å². The van der Waals surface area contributed by atoms with E-state index in [1.807, 2.05) is 24.4 Å². The topological polar surface area (TPSA) is 68.4 Å². The van der Waals surface area contributed by atoms with E-state index in [0.29, 0.717) is 5.65 Å². The van der Waals surface area contributed by atoms with E-state index in [-0.39, 0.29) is 24.2 Å². The van der Waals surface area contributed by atoms with E-state index < -0.39 is 0 Å². The molecule has 7 heteroatoms. The lowest BCUT2D eigenvalue weighted by atomic mass is 10.3. The molecule has 1 N–H and O–H groups in total. The molecule has 0 aromatic carbocycles. The molecule has 0 saturated carbocycles. The van der Waals surface area contributed by atoms with Crippen LogP contribution in [-0.2, 0) is 11.3 Å². The second-order valence-corrected chi connectivity index (χ2v) is 5.65. The molecule has 0 aliphatic rings. The summed E-state index contributed by atoms with van der Waals surface area (Å²) in [4.78, 5) is 25.2. The first-order valence-electron chi connectivity index (χ1n) is 6.52. The molecule has 3 heterocycles. The predicted octanol–water partition coefficient (Wildman–Crippen LogP) is 1.43. The summed E-state index contributed by atoms with van der Waals surface area (Å²) >= 11 is 1.58. The fourth-order valence-electron chi connectivity index (χ4n) is 2.10. The number of carbonyl (C=O) groups is 1. The van der Waals surface area contributed by atoms with Crippen LogP contribution in [0, 0.1) is 0 Å². The number of carbonyl (C=O) groups excluding carboxylic acids is 1. The van der Waals surface area contributed by atoms with Crippen LogP contribution in [0.1, 0.15) is 17.8 Å². The van der Waals surface area contributed by atoms with Crippen molar-refractivity contribution in [3.8, 4) is 0 Å². The Labute approximate surface area is 124 Å². The molecule has 3 rings (SSSR count). The molecule has 0 radical (unpaired) electrons. The Morgan fingerprint density at radius 2 is 2.24 bits per heavy atom. The molecule has 0 aliphatic heterocycles. The van der Waals surface area contributed by atoms with Crippen molar-refractivity contribution in [1.29, 1.82) is 0 Å². The Bertz CT molecular complexity index is 819. The maximum Gasteiger partial charge on any atom is 0.350 e. The minimum Gasteiger partial charge on any atom is -0.347 e. The number of nitrogens with one attached hydrogen (secondary N) is 1. The highest BCUT2D eigenvalue weighted by Gasteiger charge is 2.13. The molecule has 0 saturated heterocycles. The minimum atomic E-state index is -0.315. The largest absolute Gasteiger partial charge is 0.350 e. The second kappa shape index (κ2) is 5.53. The van der Waals surface area contributed by atoms with E-state index in [1.54, 1.807) is 35.7 Å². The van der Waals surface area contributed by atoms with Gasteiger partial charge in [0.25, 0.3) is 0 Å². The fraction of sp³-hybridized carbons (Fsp3) is 0.214. The molecule has 0 aliphatic carbocycles. The zero-order valence-corrected chi connectivity index (χ0v) is 12.2. The van der Waals surface area contributed by atoms with E-state index in [1.165, 1.54) is 9.08 Å². The molecule has 21 heavy (non-hydrogen) atoms. The van der Waals surface area contributed by atoms with Gasteiger partial charge in [0, 0.05) is 11.1 Å². The summed E-state index contributed by atoms with van der Waals surface area (Å²) in [6.07, 6.45) is 1.63. The Morgan fingerprint density at radius 3 is 2.95 bits per heavy atom. The number of fused-ring (bicyclic) bond motifs is 1. The maximum atomic E-state index is 12.1. The summed E-state index contributed by atoms with van der Waals surface area (Å²) in [5, 5.41) is 8.96. The SMILES string of the molecule is CC(NC(=O)Cn1nc2ccccn2c1=O)c1cccs1. The predicted molar refractivity (Wildman–Crippen MR) is 80.3 cm³/mol. The van der Waals surface area contributed by atoms with Crippen molar-refractivity contribution >= 4 is 22.9 Å². The van der Waals surface area contributed by atoms with Crippen molar-refractivity contribution < 1.29 is 4.79 Å². The number of aromatic nitrogens is 3. The summed E-state index contributed by atoms with van der Waals surface area (Å²) in [6, 6.07) is 9.10. The highest BCUT2D eigenvalue weighted by molar-refractivity contribution is 7.10. The average molecular weight is 302 g/mol. The number of hydrogen-bond acceptors (Lipinski definition) is 4. The number of nitrogens with zero attached hydrogens (tertiary/aromatic N) is 3. The molecule has 1 atom stereocenters. The molecule has 108 valence electrons. The smallest absolute Gasteiger partial charge is 0.347 e. The third-order valence-corrected chi connectivity index (χ3v) is 4.18. The van der Waals surface area contributed by atoms with Crippen molar-refractivity contribution in [2.75, 3.05) is 0 Å². The molecule has 3 aromatic rings.